The summed E-state index contributed by atoms with van der Waals surface area (Å²) in [6, 6.07) is 4.54. The van der Waals surface area contributed by atoms with Crippen LogP contribution in [0, 0.1) is 6.92 Å². The number of nitrogens with one attached hydrogen (secondary N) is 1. The van der Waals surface area contributed by atoms with Gasteiger partial charge in [-0.15, -0.1) is 11.3 Å². The van der Waals surface area contributed by atoms with Crippen LogP contribution in [0.2, 0.25) is 5.02 Å². The Labute approximate surface area is 165 Å². The maximum atomic E-state index is 12.6. The Morgan fingerprint density at radius 1 is 1.19 bits per heavy atom. The molecule has 0 fully saturated rings. The summed E-state index contributed by atoms with van der Waals surface area (Å²) in [6.07, 6.45) is 0. The van der Waals surface area contributed by atoms with Gasteiger partial charge in [0.1, 0.15) is 15.6 Å². The Morgan fingerprint density at radius 3 is 2.44 bits per heavy atom. The van der Waals surface area contributed by atoms with Gasteiger partial charge in [0.2, 0.25) is 0 Å². The molecule has 0 saturated carbocycles. The fourth-order valence-electron chi connectivity index (χ4n) is 2.32. The molecule has 9 heteroatoms. The fourth-order valence-corrected chi connectivity index (χ4v) is 3.69. The highest BCUT2D eigenvalue weighted by Gasteiger charge is 2.27. The molecular weight excluding hydrogens is 394 g/mol. The molecule has 0 unspecified atom stereocenters. The maximum absolute atomic E-state index is 12.6. The van der Waals surface area contributed by atoms with Crippen molar-refractivity contribution < 1.29 is 28.6 Å². The smallest absolute Gasteiger partial charge is 0.348 e. The molecule has 1 aromatic carbocycles. The molecule has 144 valence electrons. The van der Waals surface area contributed by atoms with E-state index < -0.39 is 17.8 Å². The lowest BCUT2D eigenvalue weighted by Gasteiger charge is -2.08. The van der Waals surface area contributed by atoms with E-state index in [9.17, 15) is 14.4 Å². The van der Waals surface area contributed by atoms with Crippen molar-refractivity contribution in [2.75, 3.05) is 26.1 Å². The monoisotopic (exact) mass is 411 g/mol. The van der Waals surface area contributed by atoms with Crippen molar-refractivity contribution in [3.63, 3.8) is 0 Å². The molecule has 0 radical (unpaired) electrons. The Bertz CT molecular complexity index is 892. The van der Waals surface area contributed by atoms with E-state index in [0.29, 0.717) is 11.3 Å². The van der Waals surface area contributed by atoms with Crippen LogP contribution in [0.3, 0.4) is 0 Å². The van der Waals surface area contributed by atoms with Crippen LogP contribution < -0.4 is 10.1 Å². The number of thiophene rings is 1. The Kier molecular flexibility index (Phi) is 6.81. The van der Waals surface area contributed by atoms with Crippen molar-refractivity contribution in [3.8, 4) is 5.75 Å². The zero-order valence-corrected chi connectivity index (χ0v) is 16.7. The third-order valence-electron chi connectivity index (χ3n) is 3.64. The number of amides is 1. The lowest BCUT2D eigenvalue weighted by atomic mass is 10.1. The van der Waals surface area contributed by atoms with E-state index in [4.69, 9.17) is 25.8 Å². The molecule has 2 rings (SSSR count). The van der Waals surface area contributed by atoms with E-state index in [2.05, 4.69) is 5.32 Å². The summed E-state index contributed by atoms with van der Waals surface area (Å²) in [4.78, 5) is 37.1. The number of ether oxygens (including phenoxy) is 3. The van der Waals surface area contributed by atoms with Gasteiger partial charge in [0, 0.05) is 5.56 Å². The van der Waals surface area contributed by atoms with E-state index in [-0.39, 0.29) is 32.6 Å². The molecule has 0 spiro atoms. The predicted molar refractivity (Wildman–Crippen MR) is 102 cm³/mol. The summed E-state index contributed by atoms with van der Waals surface area (Å²) in [6.45, 7) is 3.41. The van der Waals surface area contributed by atoms with Crippen molar-refractivity contribution in [2.45, 2.75) is 13.8 Å². The van der Waals surface area contributed by atoms with Gasteiger partial charge >= 0.3 is 11.9 Å². The first kappa shape index (κ1) is 20.7. The number of halogens is 1. The van der Waals surface area contributed by atoms with Gasteiger partial charge in [0.05, 0.1) is 31.4 Å². The van der Waals surface area contributed by atoms with E-state index in [1.54, 1.807) is 19.9 Å². The van der Waals surface area contributed by atoms with Crippen LogP contribution in [0.25, 0.3) is 0 Å². The zero-order valence-electron chi connectivity index (χ0n) is 15.2. The van der Waals surface area contributed by atoms with Crippen LogP contribution in [0.4, 0.5) is 5.00 Å². The molecule has 7 nitrogen and oxygen atoms in total. The number of methoxy groups -OCH3 is 2. The molecule has 27 heavy (non-hydrogen) atoms. The minimum Gasteiger partial charge on any atom is -0.495 e. The van der Waals surface area contributed by atoms with Crippen molar-refractivity contribution in [3.05, 3.63) is 44.8 Å². The van der Waals surface area contributed by atoms with E-state index in [1.165, 1.54) is 26.4 Å². The standard InChI is InChI=1S/C18H18ClNO6S/c1-5-26-17(22)13-9(2)14(18(23)25-4)27-16(13)20-15(21)10-6-7-12(24-3)11(19)8-10/h6-8H,5H2,1-4H3,(H,20,21). The van der Waals surface area contributed by atoms with E-state index in [1.807, 2.05) is 0 Å². The second-order valence-corrected chi connectivity index (χ2v) is 6.70. The first-order chi connectivity index (χ1) is 12.8. The first-order valence-electron chi connectivity index (χ1n) is 7.87. The van der Waals surface area contributed by atoms with Crippen molar-refractivity contribution in [1.29, 1.82) is 0 Å². The maximum Gasteiger partial charge on any atom is 0.348 e. The van der Waals surface area contributed by atoms with Crippen molar-refractivity contribution in [2.24, 2.45) is 0 Å². The largest absolute Gasteiger partial charge is 0.495 e. The second kappa shape index (κ2) is 8.88. The number of anilines is 1. The quantitative estimate of drug-likeness (QED) is 0.724. The van der Waals surface area contributed by atoms with Gasteiger partial charge in [0.25, 0.3) is 5.91 Å². The van der Waals surface area contributed by atoms with Gasteiger partial charge in [-0.1, -0.05) is 11.6 Å². The highest BCUT2D eigenvalue weighted by atomic mass is 35.5. The van der Waals surface area contributed by atoms with E-state index >= 15 is 0 Å². The number of hydrogen-bond acceptors (Lipinski definition) is 7. The highest BCUT2D eigenvalue weighted by Crippen LogP contribution is 2.35. The molecule has 0 aliphatic rings. The van der Waals surface area contributed by atoms with Crippen LogP contribution in [-0.2, 0) is 9.47 Å². The van der Waals surface area contributed by atoms with Gasteiger partial charge in [-0.2, -0.15) is 0 Å². The number of rotatable bonds is 6. The van der Waals surface area contributed by atoms with Crippen molar-refractivity contribution >= 4 is 45.8 Å². The molecule has 2 aromatic rings. The molecule has 0 saturated heterocycles. The molecule has 1 heterocycles. The number of esters is 2. The van der Waals surface area contributed by atoms with Gasteiger partial charge in [-0.05, 0) is 37.6 Å². The second-order valence-electron chi connectivity index (χ2n) is 5.28. The molecule has 0 bridgehead atoms. The number of carbonyl (C=O) groups is 3. The Morgan fingerprint density at radius 2 is 1.89 bits per heavy atom. The third-order valence-corrected chi connectivity index (χ3v) is 5.12. The summed E-state index contributed by atoms with van der Waals surface area (Å²) in [5.74, 6) is -1.30. The summed E-state index contributed by atoms with van der Waals surface area (Å²) in [5, 5.41) is 3.11. The van der Waals surface area contributed by atoms with E-state index in [0.717, 1.165) is 11.3 Å². The molecule has 0 atom stereocenters. The first-order valence-corrected chi connectivity index (χ1v) is 9.07. The van der Waals surface area contributed by atoms with Gasteiger partial charge in [-0.25, -0.2) is 9.59 Å². The molecule has 1 aromatic heterocycles. The zero-order chi connectivity index (χ0) is 20.1. The minimum absolute atomic E-state index is 0.121. The van der Waals surface area contributed by atoms with Crippen molar-refractivity contribution in [1.82, 2.24) is 0 Å². The van der Waals surface area contributed by atoms with Crippen LogP contribution in [0.15, 0.2) is 18.2 Å². The highest BCUT2D eigenvalue weighted by molar-refractivity contribution is 7.18. The fraction of sp³-hybridized carbons (Fsp3) is 0.278. The topological polar surface area (TPSA) is 90.9 Å². The van der Waals surface area contributed by atoms with Crippen LogP contribution in [-0.4, -0.2) is 38.7 Å². The molecule has 1 amide bonds. The third kappa shape index (κ3) is 4.40. The SMILES string of the molecule is CCOC(=O)c1c(NC(=O)c2ccc(OC)c(Cl)c2)sc(C(=O)OC)c1C. The number of carbonyl (C=O) groups excluding carboxylic acids is 3. The molecule has 0 aliphatic carbocycles. The average Bonchev–Trinajstić information content (AvgIpc) is 2.97. The normalized spacial score (nSPS) is 10.3. The lowest BCUT2D eigenvalue weighted by molar-refractivity contribution is 0.0527. The number of hydrogen-bond donors (Lipinski definition) is 1. The molecule has 0 aliphatic heterocycles. The summed E-state index contributed by atoms with van der Waals surface area (Å²) in [7, 11) is 2.71. The summed E-state index contributed by atoms with van der Waals surface area (Å²) >= 11 is 6.99. The summed E-state index contributed by atoms with van der Waals surface area (Å²) < 4.78 is 14.8. The number of benzene rings is 1. The van der Waals surface area contributed by atoms with Crippen LogP contribution in [0.5, 0.6) is 5.75 Å². The average molecular weight is 412 g/mol. The Balaban J connectivity index is 2.41. The molecular formula is C18H18ClNO6S. The van der Waals surface area contributed by atoms with Crippen LogP contribution >= 0.6 is 22.9 Å². The van der Waals surface area contributed by atoms with Gasteiger partial charge in [-0.3, -0.25) is 4.79 Å². The van der Waals surface area contributed by atoms with Gasteiger partial charge in [0.15, 0.2) is 0 Å². The van der Waals surface area contributed by atoms with Crippen LogP contribution in [0.1, 0.15) is 42.9 Å². The molecule has 1 N–H and O–H groups in total. The lowest BCUT2D eigenvalue weighted by Crippen LogP contribution is -2.15. The summed E-state index contributed by atoms with van der Waals surface area (Å²) in [5.41, 5.74) is 0.768. The van der Waals surface area contributed by atoms with Gasteiger partial charge < -0.3 is 19.5 Å². The Hall–Kier alpha value is -2.58. The predicted octanol–water partition coefficient (Wildman–Crippen LogP) is 3.93. The minimum atomic E-state index is -0.635.